The van der Waals surface area contributed by atoms with Gasteiger partial charge in [-0.25, -0.2) is 18.3 Å². The lowest BCUT2D eigenvalue weighted by Gasteiger charge is -2.31. The van der Waals surface area contributed by atoms with Crippen molar-refractivity contribution in [3.8, 4) is 5.75 Å². The molecular weight excluding hydrogens is 408 g/mol. The summed E-state index contributed by atoms with van der Waals surface area (Å²) in [6.45, 7) is 0.314. The smallest absolute Gasteiger partial charge is 0.350 e. The van der Waals surface area contributed by atoms with Crippen molar-refractivity contribution in [2.24, 2.45) is 7.05 Å². The largest absolute Gasteiger partial charge is 0.487 e. The molecule has 2 aliphatic heterocycles. The number of rotatable bonds is 2. The molecule has 5 rings (SSSR count). The van der Waals surface area contributed by atoms with Crippen LogP contribution < -0.4 is 10.4 Å². The molecule has 3 aromatic heterocycles. The van der Waals surface area contributed by atoms with Gasteiger partial charge >= 0.3 is 5.69 Å². The van der Waals surface area contributed by atoms with E-state index >= 15 is 0 Å². The van der Waals surface area contributed by atoms with Crippen LogP contribution in [0, 0.1) is 0 Å². The highest BCUT2D eigenvalue weighted by atomic mass is 19.3. The molecule has 5 heterocycles. The molecule has 1 fully saturated rings. The summed E-state index contributed by atoms with van der Waals surface area (Å²) in [5, 5.41) is 4.21. The highest BCUT2D eigenvalue weighted by Gasteiger charge is 2.36. The zero-order valence-corrected chi connectivity index (χ0v) is 16.7. The molecule has 160 valence electrons. The van der Waals surface area contributed by atoms with E-state index in [-0.39, 0.29) is 44.1 Å². The second-order valence-electron chi connectivity index (χ2n) is 7.70. The molecule has 0 bridgehead atoms. The summed E-state index contributed by atoms with van der Waals surface area (Å²) < 4.78 is 35.2. The van der Waals surface area contributed by atoms with E-state index in [2.05, 4.69) is 10.1 Å². The Balaban J connectivity index is 1.44. The van der Waals surface area contributed by atoms with Gasteiger partial charge in [-0.1, -0.05) is 0 Å². The van der Waals surface area contributed by atoms with Gasteiger partial charge in [-0.15, -0.1) is 0 Å². The van der Waals surface area contributed by atoms with Crippen LogP contribution >= 0.6 is 0 Å². The number of aromatic nitrogens is 4. The van der Waals surface area contributed by atoms with Crippen LogP contribution in [-0.2, 0) is 7.05 Å². The van der Waals surface area contributed by atoms with Gasteiger partial charge in [0.05, 0.1) is 5.56 Å². The van der Waals surface area contributed by atoms with E-state index in [0.717, 1.165) is 11.1 Å². The first-order valence-electron chi connectivity index (χ1n) is 9.89. The Kier molecular flexibility index (Phi) is 4.38. The first-order chi connectivity index (χ1) is 14.8. The van der Waals surface area contributed by atoms with Gasteiger partial charge in [0.15, 0.2) is 5.65 Å². The average molecular weight is 427 g/mol. The van der Waals surface area contributed by atoms with E-state index in [1.807, 2.05) is 6.08 Å². The van der Waals surface area contributed by atoms with Gasteiger partial charge in [0.1, 0.15) is 18.1 Å². The summed E-state index contributed by atoms with van der Waals surface area (Å²) in [7, 11) is 1.58. The van der Waals surface area contributed by atoms with E-state index < -0.39 is 5.92 Å². The number of pyridine rings is 2. The number of ether oxygens (including phenoxy) is 1. The average Bonchev–Trinajstić information content (AvgIpc) is 3.05. The molecule has 0 radical (unpaired) electrons. The van der Waals surface area contributed by atoms with Crippen molar-refractivity contribution in [1.29, 1.82) is 0 Å². The first-order valence-corrected chi connectivity index (χ1v) is 9.89. The summed E-state index contributed by atoms with van der Waals surface area (Å²) in [4.78, 5) is 30.6. The number of piperidine rings is 1. The lowest BCUT2D eigenvalue weighted by molar-refractivity contribution is -0.0494. The van der Waals surface area contributed by atoms with Gasteiger partial charge in [-0.3, -0.25) is 14.2 Å². The molecule has 0 aromatic carbocycles. The third kappa shape index (κ3) is 3.37. The zero-order chi connectivity index (χ0) is 21.8. The van der Waals surface area contributed by atoms with E-state index in [1.54, 1.807) is 31.4 Å². The van der Waals surface area contributed by atoms with Gasteiger partial charge in [0.2, 0.25) is 0 Å². The zero-order valence-electron chi connectivity index (χ0n) is 16.7. The Morgan fingerprint density at radius 3 is 2.77 bits per heavy atom. The highest BCUT2D eigenvalue weighted by Crippen LogP contribution is 2.34. The quantitative estimate of drug-likeness (QED) is 0.626. The van der Waals surface area contributed by atoms with Crippen LogP contribution in [0.1, 0.15) is 34.5 Å². The van der Waals surface area contributed by atoms with Crippen LogP contribution in [0.2, 0.25) is 0 Å². The Morgan fingerprint density at radius 1 is 1.23 bits per heavy atom. The van der Waals surface area contributed by atoms with Crippen molar-refractivity contribution in [1.82, 2.24) is 24.1 Å². The van der Waals surface area contributed by atoms with Crippen molar-refractivity contribution in [3.63, 3.8) is 0 Å². The van der Waals surface area contributed by atoms with E-state index in [1.165, 1.54) is 20.2 Å². The molecule has 1 saturated heterocycles. The summed E-state index contributed by atoms with van der Waals surface area (Å²) in [5.74, 6) is -2.60. The lowest BCUT2D eigenvalue weighted by atomic mass is 9.99. The normalized spacial score (nSPS) is 17.8. The van der Waals surface area contributed by atoms with Crippen molar-refractivity contribution < 1.29 is 18.3 Å². The van der Waals surface area contributed by atoms with Gasteiger partial charge in [-0.05, 0) is 29.8 Å². The van der Waals surface area contributed by atoms with Gasteiger partial charge < -0.3 is 9.64 Å². The summed E-state index contributed by atoms with van der Waals surface area (Å²) >= 11 is 0. The summed E-state index contributed by atoms with van der Waals surface area (Å²) in [6.07, 6.45) is 4.30. The number of fused-ring (bicyclic) bond motifs is 2. The Bertz CT molecular complexity index is 1280. The molecule has 0 atom stereocenters. The van der Waals surface area contributed by atoms with E-state index in [9.17, 15) is 18.4 Å². The fourth-order valence-corrected chi connectivity index (χ4v) is 3.91. The third-order valence-corrected chi connectivity index (χ3v) is 5.64. The fraction of sp³-hybridized carbons (Fsp3) is 0.333. The third-order valence-electron chi connectivity index (χ3n) is 5.64. The van der Waals surface area contributed by atoms with Crippen molar-refractivity contribution in [2.75, 3.05) is 19.7 Å². The number of hydrogen-bond donors (Lipinski definition) is 0. The molecule has 0 spiro atoms. The first kappa shape index (κ1) is 19.4. The standard InChI is InChI=1S/C21H19F2N5O3/c1-26-20(30)28-6-2-13(11-17(28)25-26)15-3-9-31-16-10-14(12-24-18(15)16)19(29)27-7-4-21(22,23)5-8-27/h2-3,6,10-12H,4-5,7-9H2,1H3. The van der Waals surface area contributed by atoms with E-state index in [4.69, 9.17) is 4.74 Å². The monoisotopic (exact) mass is 427 g/mol. The minimum absolute atomic E-state index is 0.0123. The number of hydrogen-bond acceptors (Lipinski definition) is 5. The van der Waals surface area contributed by atoms with Crippen molar-refractivity contribution >= 4 is 17.1 Å². The number of halogens is 2. The minimum atomic E-state index is -2.71. The molecule has 0 aliphatic carbocycles. The minimum Gasteiger partial charge on any atom is -0.487 e. The maximum Gasteiger partial charge on any atom is 0.350 e. The van der Waals surface area contributed by atoms with Crippen LogP contribution in [-0.4, -0.2) is 55.6 Å². The maximum absolute atomic E-state index is 13.4. The molecule has 0 unspecified atom stereocenters. The predicted octanol–water partition coefficient (Wildman–Crippen LogP) is 2.12. The van der Waals surface area contributed by atoms with Crippen molar-refractivity contribution in [2.45, 2.75) is 18.8 Å². The number of likely N-dealkylation sites (tertiary alicyclic amines) is 1. The molecule has 31 heavy (non-hydrogen) atoms. The number of aryl methyl sites for hydroxylation is 1. The summed E-state index contributed by atoms with van der Waals surface area (Å²) in [5.41, 5.74) is 2.76. The van der Waals surface area contributed by atoms with Crippen LogP contribution in [0.25, 0.3) is 11.2 Å². The molecule has 10 heteroatoms. The molecule has 0 N–H and O–H groups in total. The molecule has 1 amide bonds. The molecule has 3 aromatic rings. The second-order valence-corrected chi connectivity index (χ2v) is 7.70. The van der Waals surface area contributed by atoms with Crippen LogP contribution in [0.5, 0.6) is 5.75 Å². The molecule has 2 aliphatic rings. The van der Waals surface area contributed by atoms with Gasteiger partial charge in [-0.2, -0.15) is 5.10 Å². The number of alkyl halides is 2. The fourth-order valence-electron chi connectivity index (χ4n) is 3.91. The topological polar surface area (TPSA) is 81.7 Å². The number of carbonyl (C=O) groups excluding carboxylic acids is 1. The van der Waals surface area contributed by atoms with Crippen molar-refractivity contribution in [3.05, 3.63) is 64.0 Å². The highest BCUT2D eigenvalue weighted by molar-refractivity contribution is 5.95. The summed E-state index contributed by atoms with van der Waals surface area (Å²) in [6, 6.07) is 5.19. The van der Waals surface area contributed by atoms with Crippen LogP contribution in [0.15, 0.2) is 41.5 Å². The van der Waals surface area contributed by atoms with Gasteiger partial charge in [0.25, 0.3) is 11.8 Å². The number of amides is 1. The van der Waals surface area contributed by atoms with Gasteiger partial charge in [0, 0.05) is 50.9 Å². The van der Waals surface area contributed by atoms with Crippen LogP contribution in [0.3, 0.4) is 0 Å². The lowest BCUT2D eigenvalue weighted by Crippen LogP contribution is -2.42. The molecule has 0 saturated carbocycles. The molecular formula is C21H19F2N5O3. The SMILES string of the molecule is Cn1nc2cc(C3=CCOc4cc(C(=O)N5CCC(F)(F)CC5)cnc43)ccn2c1=O. The molecule has 8 nitrogen and oxygen atoms in total. The number of carbonyl (C=O) groups is 1. The van der Waals surface area contributed by atoms with E-state index in [0.29, 0.717) is 22.7 Å². The Morgan fingerprint density at radius 2 is 2.00 bits per heavy atom. The Hall–Kier alpha value is -3.56. The number of nitrogens with zero attached hydrogens (tertiary/aromatic N) is 5. The maximum atomic E-state index is 13.4. The van der Waals surface area contributed by atoms with Crippen LogP contribution in [0.4, 0.5) is 8.78 Å². The Labute approximate surface area is 175 Å². The second kappa shape index (κ2) is 7.00. The predicted molar refractivity (Wildman–Crippen MR) is 107 cm³/mol.